The van der Waals surface area contributed by atoms with Gasteiger partial charge < -0.3 is 15.2 Å². The Morgan fingerprint density at radius 2 is 1.67 bits per heavy atom. The molecule has 3 nitrogen and oxygen atoms in total. The minimum absolute atomic E-state index is 0.576. The molecule has 24 heavy (non-hydrogen) atoms. The first kappa shape index (κ1) is 18.6. The number of anilines is 1. The van der Waals surface area contributed by atoms with Gasteiger partial charge in [-0.1, -0.05) is 37.8 Å². The van der Waals surface area contributed by atoms with Crippen LogP contribution in [0.1, 0.15) is 11.1 Å². The van der Waals surface area contributed by atoms with E-state index in [9.17, 15) is 0 Å². The molecular formula is C20H29NO2Si. The number of methoxy groups -OCH3 is 1. The Bertz CT molecular complexity index is 675. The number of nitrogen functional groups attached to an aromatic ring is 1. The molecule has 0 radical (unpaired) electrons. The van der Waals surface area contributed by atoms with Crippen molar-refractivity contribution in [2.45, 2.75) is 39.2 Å². The highest BCUT2D eigenvalue weighted by Gasteiger charge is 2.14. The summed E-state index contributed by atoms with van der Waals surface area (Å²) in [4.78, 5) is 0. The molecule has 0 aromatic heterocycles. The van der Waals surface area contributed by atoms with Crippen molar-refractivity contribution in [3.8, 4) is 16.9 Å². The van der Waals surface area contributed by atoms with Crippen molar-refractivity contribution in [1.29, 1.82) is 0 Å². The molecule has 0 aliphatic heterocycles. The molecule has 2 rings (SSSR count). The van der Waals surface area contributed by atoms with Crippen molar-refractivity contribution < 1.29 is 9.47 Å². The molecule has 2 N–H and O–H groups in total. The summed E-state index contributed by atoms with van der Waals surface area (Å²) in [6.45, 7) is 10.6. The molecule has 0 atom stereocenters. The van der Waals surface area contributed by atoms with Crippen molar-refractivity contribution in [3.63, 3.8) is 0 Å². The molecule has 0 aliphatic rings. The molecule has 2 aromatic rings. The largest absolute Gasteiger partial charge is 0.497 e. The fourth-order valence-electron chi connectivity index (χ4n) is 2.61. The van der Waals surface area contributed by atoms with Crippen molar-refractivity contribution >= 4 is 13.8 Å². The average molecular weight is 344 g/mol. The van der Waals surface area contributed by atoms with Crippen molar-refractivity contribution in [2.75, 3.05) is 19.5 Å². The molecular weight excluding hydrogens is 314 g/mol. The van der Waals surface area contributed by atoms with Gasteiger partial charge in [0.25, 0.3) is 0 Å². The maximum Gasteiger partial charge on any atom is 0.118 e. The second kappa shape index (κ2) is 7.86. The first-order valence-electron chi connectivity index (χ1n) is 8.42. The zero-order valence-corrected chi connectivity index (χ0v) is 16.5. The molecule has 0 saturated heterocycles. The third kappa shape index (κ3) is 4.85. The third-order valence-electron chi connectivity index (χ3n) is 4.28. The molecule has 0 unspecified atom stereocenters. The van der Waals surface area contributed by atoms with E-state index in [4.69, 9.17) is 15.2 Å². The van der Waals surface area contributed by atoms with Gasteiger partial charge in [0, 0.05) is 25.9 Å². The van der Waals surface area contributed by atoms with Gasteiger partial charge in [-0.15, -0.1) is 0 Å². The maximum atomic E-state index is 6.19. The van der Waals surface area contributed by atoms with Crippen LogP contribution in [0.25, 0.3) is 11.1 Å². The minimum Gasteiger partial charge on any atom is -0.497 e. The van der Waals surface area contributed by atoms with Gasteiger partial charge in [-0.3, -0.25) is 0 Å². The van der Waals surface area contributed by atoms with Crippen molar-refractivity contribution in [3.05, 3.63) is 47.5 Å². The van der Waals surface area contributed by atoms with Crippen LogP contribution in [0.3, 0.4) is 0 Å². The lowest BCUT2D eigenvalue weighted by atomic mass is 9.95. The van der Waals surface area contributed by atoms with E-state index in [1.165, 1.54) is 17.2 Å². The zero-order chi connectivity index (χ0) is 17.7. The predicted octanol–water partition coefficient (Wildman–Crippen LogP) is 5.11. The van der Waals surface area contributed by atoms with Crippen LogP contribution in [0.2, 0.25) is 25.7 Å². The summed E-state index contributed by atoms with van der Waals surface area (Å²) < 4.78 is 11.2. The summed E-state index contributed by atoms with van der Waals surface area (Å²) in [6, 6.07) is 13.3. The second-order valence-electron chi connectivity index (χ2n) is 7.40. The van der Waals surface area contributed by atoms with E-state index >= 15 is 0 Å². The van der Waals surface area contributed by atoms with Crippen LogP contribution < -0.4 is 10.5 Å². The van der Waals surface area contributed by atoms with Crippen LogP contribution in [0.5, 0.6) is 5.75 Å². The van der Waals surface area contributed by atoms with E-state index in [0.29, 0.717) is 6.61 Å². The Morgan fingerprint density at radius 1 is 1.00 bits per heavy atom. The highest BCUT2D eigenvalue weighted by atomic mass is 28.3. The molecule has 4 heteroatoms. The van der Waals surface area contributed by atoms with Gasteiger partial charge in [0.1, 0.15) is 5.75 Å². The van der Waals surface area contributed by atoms with Crippen molar-refractivity contribution in [2.24, 2.45) is 0 Å². The quantitative estimate of drug-likeness (QED) is 0.432. The molecule has 0 aliphatic carbocycles. The maximum absolute atomic E-state index is 6.19. The van der Waals surface area contributed by atoms with Crippen LogP contribution in [0, 0.1) is 6.92 Å². The average Bonchev–Trinajstić information content (AvgIpc) is 2.53. The monoisotopic (exact) mass is 343 g/mol. The number of hydrogen-bond acceptors (Lipinski definition) is 3. The summed E-state index contributed by atoms with van der Waals surface area (Å²) in [5.41, 5.74) is 11.6. The highest BCUT2D eigenvalue weighted by Crippen LogP contribution is 2.30. The molecule has 0 heterocycles. The summed E-state index contributed by atoms with van der Waals surface area (Å²) >= 11 is 0. The number of ether oxygens (including phenoxy) is 2. The lowest BCUT2D eigenvalue weighted by molar-refractivity contribution is 0.133. The standard InChI is InChI=1S/C20H29NO2Si/c1-15-18(16-6-8-17(22-2)9-7-16)10-11-20(21)19(15)14-23-12-13-24(3,4)5/h6-11H,12-14,21H2,1-5H3. The molecule has 0 bridgehead atoms. The van der Waals surface area contributed by atoms with E-state index in [-0.39, 0.29) is 0 Å². The molecule has 0 spiro atoms. The van der Waals surface area contributed by atoms with Gasteiger partial charge in [-0.25, -0.2) is 0 Å². The van der Waals surface area contributed by atoms with Crippen LogP contribution in [0.4, 0.5) is 5.69 Å². The Kier molecular flexibility index (Phi) is 6.08. The van der Waals surface area contributed by atoms with Gasteiger partial charge in [-0.05, 0) is 47.9 Å². The first-order valence-corrected chi connectivity index (χ1v) is 12.1. The van der Waals surface area contributed by atoms with Crippen molar-refractivity contribution in [1.82, 2.24) is 0 Å². The van der Waals surface area contributed by atoms with E-state index in [2.05, 4.69) is 44.8 Å². The molecule has 0 saturated carbocycles. The highest BCUT2D eigenvalue weighted by molar-refractivity contribution is 6.76. The van der Waals surface area contributed by atoms with Gasteiger partial charge in [0.05, 0.1) is 13.7 Å². The summed E-state index contributed by atoms with van der Waals surface area (Å²) in [5.74, 6) is 0.863. The molecule has 130 valence electrons. The van der Waals surface area contributed by atoms with Crippen LogP contribution in [-0.2, 0) is 11.3 Å². The van der Waals surface area contributed by atoms with Crippen LogP contribution >= 0.6 is 0 Å². The third-order valence-corrected chi connectivity index (χ3v) is 5.98. The Hall–Kier alpha value is -1.78. The molecule has 0 fully saturated rings. The van der Waals surface area contributed by atoms with E-state index < -0.39 is 8.07 Å². The number of rotatable bonds is 7. The Morgan fingerprint density at radius 3 is 2.25 bits per heavy atom. The predicted molar refractivity (Wildman–Crippen MR) is 105 cm³/mol. The van der Waals surface area contributed by atoms with Gasteiger partial charge in [-0.2, -0.15) is 0 Å². The topological polar surface area (TPSA) is 44.5 Å². The number of benzene rings is 2. The van der Waals surface area contributed by atoms with Gasteiger partial charge in [0.15, 0.2) is 0 Å². The number of hydrogen-bond donors (Lipinski definition) is 1. The summed E-state index contributed by atoms with van der Waals surface area (Å²) in [7, 11) is 0.617. The van der Waals surface area contributed by atoms with Gasteiger partial charge in [0.2, 0.25) is 0 Å². The lowest BCUT2D eigenvalue weighted by Crippen LogP contribution is -2.21. The van der Waals surface area contributed by atoms with E-state index in [1.807, 2.05) is 18.2 Å². The fourth-order valence-corrected chi connectivity index (χ4v) is 3.36. The lowest BCUT2D eigenvalue weighted by Gasteiger charge is -2.18. The molecule has 0 amide bonds. The summed E-state index contributed by atoms with van der Waals surface area (Å²) in [6.07, 6.45) is 0. The van der Waals surface area contributed by atoms with Crippen LogP contribution in [-0.4, -0.2) is 21.8 Å². The fraction of sp³-hybridized carbons (Fsp3) is 0.400. The zero-order valence-electron chi connectivity index (χ0n) is 15.5. The van der Waals surface area contributed by atoms with Gasteiger partial charge >= 0.3 is 0 Å². The normalized spacial score (nSPS) is 11.5. The smallest absolute Gasteiger partial charge is 0.118 e. The van der Waals surface area contributed by atoms with Crippen LogP contribution in [0.15, 0.2) is 36.4 Å². The Balaban J connectivity index is 2.17. The minimum atomic E-state index is -1.06. The number of nitrogens with two attached hydrogens (primary N) is 1. The Labute approximate surface area is 146 Å². The van der Waals surface area contributed by atoms with E-state index in [0.717, 1.165) is 29.2 Å². The SMILES string of the molecule is COc1ccc(-c2ccc(N)c(COCC[Si](C)(C)C)c2C)cc1. The first-order chi connectivity index (χ1) is 11.3. The van der Waals surface area contributed by atoms with E-state index in [1.54, 1.807) is 7.11 Å². The second-order valence-corrected chi connectivity index (χ2v) is 13.0. The summed E-state index contributed by atoms with van der Waals surface area (Å²) in [5, 5.41) is 0. The molecule has 2 aromatic carbocycles.